The Morgan fingerprint density at radius 3 is 2.18 bits per heavy atom. The van der Waals surface area contributed by atoms with Gasteiger partial charge in [-0.1, -0.05) is 89.8 Å². The topological polar surface area (TPSA) is 40.6 Å². The van der Waals surface area contributed by atoms with Gasteiger partial charge in [0.2, 0.25) is 5.91 Å². The Bertz CT molecular complexity index is 1270. The zero-order valence-corrected chi connectivity index (χ0v) is 21.0. The van der Waals surface area contributed by atoms with Crippen LogP contribution in [0.3, 0.4) is 0 Å². The van der Waals surface area contributed by atoms with Gasteiger partial charge < -0.3 is 0 Å². The number of benzene rings is 3. The third-order valence-corrected chi connectivity index (χ3v) is 8.21. The number of hydrogen-bond acceptors (Lipinski definition) is 5. The molecule has 0 N–H and O–H groups in total. The molecule has 2 aliphatic rings. The molecule has 3 aromatic rings. The predicted molar refractivity (Wildman–Crippen MR) is 144 cm³/mol. The summed E-state index contributed by atoms with van der Waals surface area (Å²) in [7, 11) is 0. The third kappa shape index (κ3) is 4.56. The van der Waals surface area contributed by atoms with Crippen molar-refractivity contribution in [3.05, 3.63) is 88.8 Å². The second-order valence-corrected chi connectivity index (χ2v) is 10.9. The fraction of sp³-hybridized carbons (Fsp3) is 0.148. The molecule has 0 aliphatic carbocycles. The number of aryl methyl sites for hydroxylation is 1. The maximum absolute atomic E-state index is 13.4. The van der Waals surface area contributed by atoms with Crippen LogP contribution in [0.15, 0.2) is 87.5 Å². The quantitative estimate of drug-likeness (QED) is 0.283. The van der Waals surface area contributed by atoms with Crippen molar-refractivity contribution in [1.82, 2.24) is 4.90 Å². The van der Waals surface area contributed by atoms with Gasteiger partial charge in [-0.05, 0) is 49.2 Å². The molecule has 0 unspecified atom stereocenters. The zero-order chi connectivity index (χ0) is 23.7. The molecule has 5 rings (SSSR count). The molecule has 4 nitrogen and oxygen atoms in total. The molecular formula is C27H22N2O2S3. The van der Waals surface area contributed by atoms with Gasteiger partial charge in [0, 0.05) is 22.8 Å². The minimum Gasteiger partial charge on any atom is -0.293 e. The van der Waals surface area contributed by atoms with Gasteiger partial charge in [0.05, 0.1) is 16.3 Å². The molecule has 1 saturated heterocycles. The van der Waals surface area contributed by atoms with E-state index in [0.717, 1.165) is 26.7 Å². The number of hydrogen-bond donors (Lipinski definition) is 0. The van der Waals surface area contributed by atoms with Crippen LogP contribution in [0.5, 0.6) is 0 Å². The maximum Gasteiger partial charge on any atom is 0.266 e. The number of fused-ring (bicyclic) bond motifs is 2. The summed E-state index contributed by atoms with van der Waals surface area (Å²) in [6, 6.07) is 23.9. The number of para-hydroxylation sites is 2. The van der Waals surface area contributed by atoms with Gasteiger partial charge in [0.15, 0.2) is 0 Å². The molecular weight excluding hydrogens is 481 g/mol. The van der Waals surface area contributed by atoms with E-state index in [-0.39, 0.29) is 11.8 Å². The van der Waals surface area contributed by atoms with Crippen LogP contribution in [0, 0.1) is 6.92 Å². The number of amides is 2. The predicted octanol–water partition coefficient (Wildman–Crippen LogP) is 6.81. The molecule has 3 aromatic carbocycles. The summed E-state index contributed by atoms with van der Waals surface area (Å²) in [6.07, 6.45) is 2.74. The van der Waals surface area contributed by atoms with Gasteiger partial charge in [0.25, 0.3) is 5.91 Å². The standard InChI is InChI=1S/C27H22N2O2S3/c1-18-12-14-19(15-13-18)17-24-26(31)28(27(32)34-24)16-6-11-25(30)29-20-7-2-4-9-22(20)33-23-10-5-3-8-21(23)29/h2-5,7-10,12-15,17H,6,11,16H2,1H3/b24-17+. The van der Waals surface area contributed by atoms with E-state index < -0.39 is 0 Å². The average molecular weight is 503 g/mol. The second-order valence-electron chi connectivity index (χ2n) is 8.11. The lowest BCUT2D eigenvalue weighted by Gasteiger charge is -2.31. The molecule has 0 saturated carbocycles. The minimum atomic E-state index is -0.0897. The van der Waals surface area contributed by atoms with Crippen LogP contribution in [0.25, 0.3) is 6.08 Å². The summed E-state index contributed by atoms with van der Waals surface area (Å²) in [5.41, 5.74) is 3.96. The van der Waals surface area contributed by atoms with E-state index in [4.69, 9.17) is 12.2 Å². The summed E-state index contributed by atoms with van der Waals surface area (Å²) in [5, 5.41) is 0. The van der Waals surface area contributed by atoms with Gasteiger partial charge in [-0.2, -0.15) is 0 Å². The largest absolute Gasteiger partial charge is 0.293 e. The highest BCUT2D eigenvalue weighted by Crippen LogP contribution is 2.48. The second kappa shape index (κ2) is 9.78. The number of thiocarbonyl (C=S) groups is 1. The van der Waals surface area contributed by atoms with E-state index in [1.54, 1.807) is 16.7 Å². The summed E-state index contributed by atoms with van der Waals surface area (Å²) in [4.78, 5) is 32.5. The Morgan fingerprint density at radius 1 is 0.912 bits per heavy atom. The highest BCUT2D eigenvalue weighted by Gasteiger charge is 2.32. The van der Waals surface area contributed by atoms with Crippen molar-refractivity contribution in [2.24, 2.45) is 0 Å². The lowest BCUT2D eigenvalue weighted by molar-refractivity contribution is -0.123. The minimum absolute atomic E-state index is 0.0147. The van der Waals surface area contributed by atoms with E-state index >= 15 is 0 Å². The highest BCUT2D eigenvalue weighted by atomic mass is 32.2. The van der Waals surface area contributed by atoms with Crippen molar-refractivity contribution < 1.29 is 9.59 Å². The number of rotatable bonds is 5. The molecule has 170 valence electrons. The molecule has 0 radical (unpaired) electrons. The Kier molecular flexibility index (Phi) is 6.59. The van der Waals surface area contributed by atoms with Crippen LogP contribution in [-0.4, -0.2) is 27.6 Å². The Balaban J connectivity index is 1.27. The Hall–Kier alpha value is -2.87. The van der Waals surface area contributed by atoms with Crippen LogP contribution >= 0.6 is 35.7 Å². The first kappa shape index (κ1) is 22.9. The fourth-order valence-electron chi connectivity index (χ4n) is 3.98. The molecule has 2 aliphatic heterocycles. The molecule has 2 amide bonds. The van der Waals surface area contributed by atoms with Gasteiger partial charge in [-0.3, -0.25) is 19.4 Å². The van der Waals surface area contributed by atoms with Crippen LogP contribution in [0.1, 0.15) is 24.0 Å². The summed E-state index contributed by atoms with van der Waals surface area (Å²) in [5.74, 6) is -0.0751. The first-order chi connectivity index (χ1) is 16.5. The molecule has 0 bridgehead atoms. The van der Waals surface area contributed by atoms with E-state index in [0.29, 0.717) is 28.6 Å². The van der Waals surface area contributed by atoms with Crippen molar-refractivity contribution >= 4 is 69.3 Å². The number of thioether (sulfide) groups is 1. The summed E-state index contributed by atoms with van der Waals surface area (Å²) >= 11 is 8.47. The molecule has 34 heavy (non-hydrogen) atoms. The lowest BCUT2D eigenvalue weighted by Crippen LogP contribution is -2.32. The zero-order valence-electron chi connectivity index (χ0n) is 18.6. The molecule has 0 atom stereocenters. The van der Waals surface area contributed by atoms with Crippen LogP contribution < -0.4 is 4.90 Å². The van der Waals surface area contributed by atoms with E-state index in [9.17, 15) is 9.59 Å². The Labute approximate surface area is 213 Å². The van der Waals surface area contributed by atoms with Crippen molar-refractivity contribution in [2.75, 3.05) is 11.4 Å². The van der Waals surface area contributed by atoms with Crippen molar-refractivity contribution in [1.29, 1.82) is 0 Å². The van der Waals surface area contributed by atoms with Gasteiger partial charge >= 0.3 is 0 Å². The van der Waals surface area contributed by atoms with Gasteiger partial charge in [-0.25, -0.2) is 0 Å². The SMILES string of the molecule is Cc1ccc(/C=C2/SC(=S)N(CCCC(=O)N3c4ccccc4Sc4ccccc43)C2=O)cc1. The lowest BCUT2D eigenvalue weighted by atomic mass is 10.1. The Morgan fingerprint density at radius 2 is 1.53 bits per heavy atom. The monoisotopic (exact) mass is 502 g/mol. The number of carbonyl (C=O) groups excluding carboxylic acids is 2. The normalized spacial score (nSPS) is 16.1. The molecule has 7 heteroatoms. The van der Waals surface area contributed by atoms with E-state index in [2.05, 4.69) is 0 Å². The fourth-order valence-corrected chi connectivity index (χ4v) is 6.35. The van der Waals surface area contributed by atoms with Crippen LogP contribution in [0.4, 0.5) is 11.4 Å². The highest BCUT2D eigenvalue weighted by molar-refractivity contribution is 8.26. The van der Waals surface area contributed by atoms with Gasteiger partial charge in [0.1, 0.15) is 4.32 Å². The van der Waals surface area contributed by atoms with Crippen LogP contribution in [-0.2, 0) is 9.59 Å². The van der Waals surface area contributed by atoms with E-state index in [1.807, 2.05) is 90.7 Å². The van der Waals surface area contributed by atoms with Crippen LogP contribution in [0.2, 0.25) is 0 Å². The van der Waals surface area contributed by atoms with Gasteiger partial charge in [-0.15, -0.1) is 0 Å². The maximum atomic E-state index is 13.4. The average Bonchev–Trinajstić information content (AvgIpc) is 3.11. The summed E-state index contributed by atoms with van der Waals surface area (Å²) in [6.45, 7) is 2.46. The van der Waals surface area contributed by atoms with Crippen molar-refractivity contribution in [3.8, 4) is 0 Å². The summed E-state index contributed by atoms with van der Waals surface area (Å²) < 4.78 is 0.542. The number of carbonyl (C=O) groups is 2. The molecule has 1 fully saturated rings. The first-order valence-corrected chi connectivity index (χ1v) is 13.1. The van der Waals surface area contributed by atoms with E-state index in [1.165, 1.54) is 17.3 Å². The molecule has 2 heterocycles. The number of nitrogens with zero attached hydrogens (tertiary/aromatic N) is 2. The third-order valence-electron chi connectivity index (χ3n) is 5.70. The number of anilines is 2. The van der Waals surface area contributed by atoms with Crippen molar-refractivity contribution in [3.63, 3.8) is 0 Å². The molecule has 0 spiro atoms. The smallest absolute Gasteiger partial charge is 0.266 e. The van der Waals surface area contributed by atoms with Crippen molar-refractivity contribution in [2.45, 2.75) is 29.6 Å². The molecule has 0 aromatic heterocycles. The first-order valence-electron chi connectivity index (χ1n) is 11.0.